The molecule has 1 saturated heterocycles. The van der Waals surface area contributed by atoms with Crippen molar-refractivity contribution in [2.24, 2.45) is 5.92 Å². The van der Waals surface area contributed by atoms with Gasteiger partial charge in [0.05, 0.1) is 22.1 Å². The average Bonchev–Trinajstić information content (AvgIpc) is 1.52. The van der Waals surface area contributed by atoms with Crippen molar-refractivity contribution in [2.45, 2.75) is 115 Å². The van der Waals surface area contributed by atoms with Crippen molar-refractivity contribution in [1.82, 2.24) is 0 Å². The van der Waals surface area contributed by atoms with E-state index in [9.17, 15) is 23.4 Å². The average molecular weight is 2180 g/mol. The maximum Gasteiger partial charge on any atom is 1.00 e. The number of carbonyl (C=O) groups is 4. The molecular weight excluding hydrogens is 2070 g/mol. The number of fused-ring (bicyclic) bond motifs is 10. The van der Waals surface area contributed by atoms with Gasteiger partial charge in [-0.05, 0) is 264 Å². The van der Waals surface area contributed by atoms with Gasteiger partial charge in [0.15, 0.2) is 11.6 Å². The minimum absolute atomic E-state index is 0. The Morgan fingerprint density at radius 2 is 0.831 bits per heavy atom. The maximum absolute atomic E-state index is 11.8. The summed E-state index contributed by atoms with van der Waals surface area (Å²) in [6.07, 6.45) is 36.7. The quantitative estimate of drug-likeness (QED) is 0.0200. The van der Waals surface area contributed by atoms with E-state index in [1.807, 2.05) is 146 Å². The summed E-state index contributed by atoms with van der Waals surface area (Å²) < 4.78 is 32.6. The number of benzene rings is 12. The number of halogens is 7. The fraction of sp³-hybridized carbons (Fsp3) is 0.211. The molecule has 4 aliphatic carbocycles. The van der Waals surface area contributed by atoms with Gasteiger partial charge in [0, 0.05) is 60.0 Å². The second kappa shape index (κ2) is 54.8. The normalized spacial score (nSPS) is 15.4. The molecule has 0 spiro atoms. The van der Waals surface area contributed by atoms with Crippen molar-refractivity contribution >= 4 is 153 Å². The number of aryl methyl sites for hydroxylation is 6. The maximum atomic E-state index is 11.8. The predicted octanol–water partition coefficient (Wildman–Crippen LogP) is 24.2. The van der Waals surface area contributed by atoms with Crippen LogP contribution in [0.1, 0.15) is 163 Å². The van der Waals surface area contributed by atoms with Crippen LogP contribution in [0.4, 0.5) is 0 Å². The molecule has 638 valence electrons. The van der Waals surface area contributed by atoms with Crippen LogP contribution < -0.4 is 53.5 Å². The van der Waals surface area contributed by atoms with E-state index in [1.54, 1.807) is 78.3 Å². The fourth-order valence-electron chi connectivity index (χ4n) is 14.6. The van der Waals surface area contributed by atoms with E-state index in [0.717, 1.165) is 103 Å². The third-order valence-corrected chi connectivity index (χ3v) is 24.1. The summed E-state index contributed by atoms with van der Waals surface area (Å²) in [6.45, 7) is 2.47. The summed E-state index contributed by atoms with van der Waals surface area (Å²) >= 11 is 20.8. The molecule has 4 unspecified atom stereocenters. The molecule has 0 amide bonds. The molecule has 0 N–H and O–H groups in total. The van der Waals surface area contributed by atoms with Gasteiger partial charge in [-0.2, -0.15) is 0 Å². The number of carbonyl (C=O) groups excluding carboxylic acids is 4. The van der Waals surface area contributed by atoms with Crippen LogP contribution in [-0.4, -0.2) is 54.6 Å². The third kappa shape index (κ3) is 36.8. The smallest absolute Gasteiger partial charge is 1.00 e. The Kier molecular flexibility index (Phi) is 45.1. The van der Waals surface area contributed by atoms with E-state index >= 15 is 0 Å². The number of epoxide rings is 1. The van der Waals surface area contributed by atoms with Crippen LogP contribution in [0.15, 0.2) is 366 Å². The van der Waals surface area contributed by atoms with Crippen LogP contribution in [0.25, 0.3) is 24.3 Å². The molecule has 1 heterocycles. The second-order valence-electron chi connectivity index (χ2n) is 31.0. The molecular formula is C109H110Br6INaO6S. The van der Waals surface area contributed by atoms with Gasteiger partial charge in [0.25, 0.3) is 0 Å². The molecule has 6 nitrogen and oxygen atoms in total. The molecule has 0 saturated carbocycles. The Bertz CT molecular complexity index is 5530. The van der Waals surface area contributed by atoms with E-state index in [4.69, 9.17) is 7.71 Å². The molecule has 0 aromatic heterocycles. The molecule has 12 aromatic carbocycles. The first-order valence-corrected chi connectivity index (χ1v) is 48.4. The molecule has 0 radical (unpaired) electrons. The van der Waals surface area contributed by atoms with Gasteiger partial charge in [0.1, 0.15) is 30.8 Å². The number of ketones is 3. The molecule has 5 aliphatic rings. The molecule has 15 heteroatoms. The molecule has 1 aliphatic heterocycles. The third-order valence-electron chi connectivity index (χ3n) is 21.0. The first-order chi connectivity index (χ1) is 59.5. The monoisotopic (exact) mass is 2170 g/mol. The predicted molar refractivity (Wildman–Crippen MR) is 539 cm³/mol. The zero-order valence-corrected chi connectivity index (χ0v) is 84.8. The van der Waals surface area contributed by atoms with Crippen LogP contribution in [0.5, 0.6) is 0 Å². The molecule has 124 heavy (non-hydrogen) atoms. The van der Waals surface area contributed by atoms with E-state index in [1.165, 1.54) is 80.2 Å². The van der Waals surface area contributed by atoms with Gasteiger partial charge in [0.2, 0.25) is 0 Å². The van der Waals surface area contributed by atoms with Crippen molar-refractivity contribution in [2.75, 3.05) is 25.4 Å². The Balaban J connectivity index is 0.000000261. The minimum atomic E-state index is -1.42. The van der Waals surface area contributed by atoms with E-state index in [2.05, 4.69) is 278 Å². The van der Waals surface area contributed by atoms with E-state index in [-0.39, 0.29) is 79.6 Å². The molecule has 17 rings (SSSR count). The number of aldehydes is 1. The topological polar surface area (TPSA) is 97.9 Å². The fourth-order valence-corrected chi connectivity index (χ4v) is 16.4. The first-order valence-electron chi connectivity index (χ1n) is 41.9. The van der Waals surface area contributed by atoms with Crippen molar-refractivity contribution in [3.63, 3.8) is 0 Å². The van der Waals surface area contributed by atoms with Crippen molar-refractivity contribution in [3.8, 4) is 0 Å². The molecule has 0 bridgehead atoms. The van der Waals surface area contributed by atoms with Crippen LogP contribution in [0, 0.1) is 5.92 Å². The van der Waals surface area contributed by atoms with Gasteiger partial charge in [-0.1, -0.05) is 370 Å². The van der Waals surface area contributed by atoms with Crippen LogP contribution in [0.2, 0.25) is 0 Å². The largest absolute Gasteiger partial charge is 1.00 e. The number of ether oxygens (including phenoxy) is 1. The SMILES string of the molecule is Brc1ccc(CCC2(CCc3ccccc3)CO2)cc1.Brc1ccc2c(c1)C1C(=CCc3ccccc31)C=C2.Brc1ccc2c(c1)C1c3ccccc3CCC1CC2.C.CC(=O)/C=C/c1ccccc1.C[S+](C)(C)=O.O=C(/C=C/c1ccccc1)/C=C/c1ccc(Br)cc1.O=C(CCc1ccccc1)CCc1ccc(Br)cc1.O=Cc1ccc(Br)cc1.[2H][2H].[H-].[I-].[Na+]. The molecule has 1 fully saturated rings. The second-order valence-corrected chi connectivity index (χ2v) is 40.0. The van der Waals surface area contributed by atoms with Crippen LogP contribution >= 0.6 is 95.6 Å². The standard InChI is InChI=1S/C18H19BrO.C18H17Br.C18H13Br.C17H17BrO.C17H13BrO.C10H10O.C7H5BrO.C3H9OS.CH4.HI.Na.H2.H/c19-17-8-6-16(7-9-17)11-13-18(14-20-18)12-10-15-4-2-1-3-5-15;2*19-15-10-9-13-6-8-14-7-5-12-3-1-2-4-16(12)18(14)17(13)11-15;2*18-16-10-6-15(7-11-16)9-13-17(19)12-8-14-4-2-1-3-5-14;1-9(11)7-8-10-5-3-2-4-6-10;8-7-3-1-6(5-9)2-4-7;1-5(2,3)4;;;;;/h1-9H,10-14H2;1-4,9-11,14,18H,5-8H2;1-4,6-11,18H,5H2;1-7,10-11H,8-9,12-13H2;1-13H;2-8H,1H3;1-5H;1-3H3;1H4;1H;;1H;/q;;;;;;;+1;;;+1;;-1/p-1/b;;;;12-8+,13-9+;8-7+;;;;;;;/i;;;;;;;;;;;1+1D;. The number of hydrogen-bond acceptors (Lipinski definition) is 6. The van der Waals surface area contributed by atoms with Crippen molar-refractivity contribution in [3.05, 3.63) is 455 Å². The van der Waals surface area contributed by atoms with Crippen molar-refractivity contribution < 1.29 is 86.1 Å². The Morgan fingerprint density at radius 3 is 1.31 bits per heavy atom. The zero-order valence-electron chi connectivity index (χ0n) is 73.3. The molecule has 12 aromatic rings. The van der Waals surface area contributed by atoms with Crippen molar-refractivity contribution in [1.29, 1.82) is 0 Å². The van der Waals surface area contributed by atoms with Crippen LogP contribution in [-0.2, 0) is 78.2 Å². The number of hydrogen-bond donors (Lipinski definition) is 0. The van der Waals surface area contributed by atoms with Gasteiger partial charge >= 0.3 is 29.6 Å². The summed E-state index contributed by atoms with van der Waals surface area (Å²) in [5, 5.41) is 0. The van der Waals surface area contributed by atoms with Gasteiger partial charge in [-0.15, -0.1) is 4.21 Å². The number of allylic oxidation sites excluding steroid dienone is 6. The van der Waals surface area contributed by atoms with Gasteiger partial charge in [-0.25, -0.2) is 0 Å². The number of rotatable bonds is 19. The number of Topliss-reactive ketones (excluding diaryl/α,β-unsaturated/α-hetero) is 1. The summed E-state index contributed by atoms with van der Waals surface area (Å²) in [5.74, 6) is 2.28. The Labute approximate surface area is 832 Å². The van der Waals surface area contributed by atoms with Gasteiger partial charge in [-0.3, -0.25) is 19.2 Å². The van der Waals surface area contributed by atoms with E-state index < -0.39 is 9.93 Å². The summed E-state index contributed by atoms with van der Waals surface area (Å²) in [7, 11) is -1.42. The first kappa shape index (κ1) is 102. The molecule has 4 atom stereocenters. The van der Waals surface area contributed by atoms with E-state index in [0.29, 0.717) is 36.0 Å². The summed E-state index contributed by atoms with van der Waals surface area (Å²) in [5.41, 5.74) is 22.6. The Hall–Kier alpha value is -7.26. The minimum Gasteiger partial charge on any atom is -1.00 e. The summed E-state index contributed by atoms with van der Waals surface area (Å²) in [6, 6.07) is 103. The zero-order chi connectivity index (χ0) is 87.8. The Morgan fingerprint density at radius 1 is 0.452 bits per heavy atom. The summed E-state index contributed by atoms with van der Waals surface area (Å²) in [4.78, 5) is 44.2. The van der Waals surface area contributed by atoms with Crippen LogP contribution in [0.3, 0.4) is 0 Å². The van der Waals surface area contributed by atoms with Gasteiger partial charge < -0.3 is 30.1 Å².